The Bertz CT molecular complexity index is 387. The summed E-state index contributed by atoms with van der Waals surface area (Å²) >= 11 is 3.69. The summed E-state index contributed by atoms with van der Waals surface area (Å²) in [5.74, 6) is 0. The molecule has 1 heterocycles. The summed E-state index contributed by atoms with van der Waals surface area (Å²) in [5, 5.41) is 4.56. The molecule has 0 amide bonds. The van der Waals surface area contributed by atoms with Gasteiger partial charge >= 0.3 is 0 Å². The van der Waals surface area contributed by atoms with Gasteiger partial charge in [0.1, 0.15) is 0 Å². The second-order valence-electron chi connectivity index (χ2n) is 5.21. The van der Waals surface area contributed by atoms with Crippen LogP contribution < -0.4 is 0 Å². The van der Waals surface area contributed by atoms with Crippen LogP contribution in [-0.4, -0.2) is 53.3 Å². The summed E-state index contributed by atoms with van der Waals surface area (Å²) in [6.07, 6.45) is 2.18. The van der Waals surface area contributed by atoms with Crippen LogP contribution in [-0.2, 0) is 20.0 Å². The summed E-state index contributed by atoms with van der Waals surface area (Å²) < 4.78 is 3.20. The molecule has 4 nitrogen and oxygen atoms in total. The molecule has 0 saturated heterocycles. The topological polar surface area (TPSA) is 24.3 Å². The van der Waals surface area contributed by atoms with Gasteiger partial charge in [-0.25, -0.2) is 0 Å². The van der Waals surface area contributed by atoms with E-state index in [1.807, 2.05) is 11.7 Å². The highest BCUT2D eigenvalue weighted by molar-refractivity contribution is 9.10. The van der Waals surface area contributed by atoms with E-state index in [9.17, 15) is 0 Å². The van der Waals surface area contributed by atoms with E-state index in [2.05, 4.69) is 58.8 Å². The average molecular weight is 331 g/mol. The van der Waals surface area contributed by atoms with Gasteiger partial charge in [-0.2, -0.15) is 5.10 Å². The van der Waals surface area contributed by atoms with Gasteiger partial charge < -0.3 is 4.90 Å². The van der Waals surface area contributed by atoms with E-state index in [0.29, 0.717) is 0 Å². The zero-order valence-corrected chi connectivity index (χ0v) is 14.5. The normalized spacial score (nSPS) is 11.8. The standard InChI is InChI=1S/C14H27BrN4/c1-6-12-14(15)13(18(5)16-12)11-19(7-2)10-8-9-17(3)4/h6-11H2,1-5H3. The Morgan fingerprint density at radius 1 is 1.21 bits per heavy atom. The van der Waals surface area contributed by atoms with Crippen molar-refractivity contribution in [3.8, 4) is 0 Å². The van der Waals surface area contributed by atoms with Crippen LogP contribution in [0.1, 0.15) is 31.7 Å². The monoisotopic (exact) mass is 330 g/mol. The van der Waals surface area contributed by atoms with Gasteiger partial charge in [0.15, 0.2) is 0 Å². The van der Waals surface area contributed by atoms with Crippen LogP contribution in [0.5, 0.6) is 0 Å². The molecule has 0 aliphatic carbocycles. The number of rotatable bonds is 8. The Kier molecular flexibility index (Phi) is 7.04. The lowest BCUT2D eigenvalue weighted by Crippen LogP contribution is -2.27. The van der Waals surface area contributed by atoms with Crippen molar-refractivity contribution < 1.29 is 0 Å². The zero-order valence-electron chi connectivity index (χ0n) is 12.9. The molecule has 110 valence electrons. The highest BCUT2D eigenvalue weighted by Crippen LogP contribution is 2.22. The first-order valence-electron chi connectivity index (χ1n) is 7.06. The van der Waals surface area contributed by atoms with E-state index in [0.717, 1.165) is 38.3 Å². The third-order valence-corrected chi connectivity index (χ3v) is 4.32. The van der Waals surface area contributed by atoms with Crippen LogP contribution in [0.3, 0.4) is 0 Å². The summed E-state index contributed by atoms with van der Waals surface area (Å²) in [4.78, 5) is 4.72. The quantitative estimate of drug-likeness (QED) is 0.732. The van der Waals surface area contributed by atoms with Gasteiger partial charge in [-0.05, 0) is 62.5 Å². The van der Waals surface area contributed by atoms with Crippen molar-refractivity contribution in [3.05, 3.63) is 15.9 Å². The maximum Gasteiger partial charge on any atom is 0.0767 e. The minimum Gasteiger partial charge on any atom is -0.309 e. The number of halogens is 1. The first-order valence-corrected chi connectivity index (χ1v) is 7.86. The van der Waals surface area contributed by atoms with Crippen LogP contribution in [0.15, 0.2) is 4.47 Å². The molecule has 1 rings (SSSR count). The number of aryl methyl sites for hydroxylation is 2. The molecular formula is C14H27BrN4. The van der Waals surface area contributed by atoms with Crippen molar-refractivity contribution in [1.29, 1.82) is 0 Å². The minimum atomic E-state index is 0.966. The predicted molar refractivity (Wildman–Crippen MR) is 84.4 cm³/mol. The highest BCUT2D eigenvalue weighted by Gasteiger charge is 2.15. The van der Waals surface area contributed by atoms with Crippen LogP contribution in [0, 0.1) is 0 Å². The largest absolute Gasteiger partial charge is 0.309 e. The lowest BCUT2D eigenvalue weighted by atomic mass is 10.2. The highest BCUT2D eigenvalue weighted by atomic mass is 79.9. The molecule has 0 unspecified atom stereocenters. The van der Waals surface area contributed by atoms with E-state index in [4.69, 9.17) is 0 Å². The number of hydrogen-bond acceptors (Lipinski definition) is 3. The smallest absolute Gasteiger partial charge is 0.0767 e. The molecule has 19 heavy (non-hydrogen) atoms. The second kappa shape index (κ2) is 8.02. The van der Waals surface area contributed by atoms with Crippen LogP contribution in [0.25, 0.3) is 0 Å². The second-order valence-corrected chi connectivity index (χ2v) is 6.00. The maximum atomic E-state index is 4.56. The maximum absolute atomic E-state index is 4.56. The van der Waals surface area contributed by atoms with Gasteiger partial charge in [0.05, 0.1) is 15.9 Å². The molecule has 0 saturated carbocycles. The molecule has 1 aromatic heterocycles. The third-order valence-electron chi connectivity index (χ3n) is 3.40. The molecule has 0 aliphatic rings. The fourth-order valence-corrected chi connectivity index (χ4v) is 2.90. The van der Waals surface area contributed by atoms with Crippen LogP contribution >= 0.6 is 15.9 Å². The Morgan fingerprint density at radius 3 is 2.37 bits per heavy atom. The zero-order chi connectivity index (χ0) is 14.4. The van der Waals surface area contributed by atoms with Crippen molar-refractivity contribution in [3.63, 3.8) is 0 Å². The molecule has 0 aliphatic heterocycles. The van der Waals surface area contributed by atoms with Gasteiger partial charge in [-0.15, -0.1) is 0 Å². The van der Waals surface area contributed by atoms with E-state index < -0.39 is 0 Å². The average Bonchev–Trinajstić information content (AvgIpc) is 2.64. The lowest BCUT2D eigenvalue weighted by molar-refractivity contribution is 0.253. The van der Waals surface area contributed by atoms with Crippen molar-refractivity contribution in [1.82, 2.24) is 19.6 Å². The van der Waals surface area contributed by atoms with Gasteiger partial charge in [-0.1, -0.05) is 13.8 Å². The summed E-state index contributed by atoms with van der Waals surface area (Å²) in [7, 11) is 6.29. The summed E-state index contributed by atoms with van der Waals surface area (Å²) in [5.41, 5.74) is 2.44. The lowest BCUT2D eigenvalue weighted by Gasteiger charge is -2.21. The number of hydrogen-bond donors (Lipinski definition) is 0. The Balaban J connectivity index is 2.62. The van der Waals surface area contributed by atoms with E-state index in [1.165, 1.54) is 16.6 Å². The summed E-state index contributed by atoms with van der Waals surface area (Å²) in [6.45, 7) is 8.68. The number of aromatic nitrogens is 2. The molecule has 0 bridgehead atoms. The van der Waals surface area contributed by atoms with Gasteiger partial charge in [-0.3, -0.25) is 9.58 Å². The van der Waals surface area contributed by atoms with Gasteiger partial charge in [0, 0.05) is 13.6 Å². The first-order chi connectivity index (χ1) is 8.99. The number of nitrogens with zero attached hydrogens (tertiary/aromatic N) is 4. The van der Waals surface area contributed by atoms with E-state index in [-0.39, 0.29) is 0 Å². The fourth-order valence-electron chi connectivity index (χ4n) is 2.16. The Hall–Kier alpha value is -0.390. The molecule has 0 atom stereocenters. The van der Waals surface area contributed by atoms with Crippen molar-refractivity contribution in [2.75, 3.05) is 33.7 Å². The SMILES string of the molecule is CCc1nn(C)c(CN(CC)CCCN(C)C)c1Br. The fraction of sp³-hybridized carbons (Fsp3) is 0.786. The van der Waals surface area contributed by atoms with Crippen LogP contribution in [0.2, 0.25) is 0 Å². The molecule has 0 fully saturated rings. The summed E-state index contributed by atoms with van der Waals surface area (Å²) in [6, 6.07) is 0. The van der Waals surface area contributed by atoms with Crippen LogP contribution in [0.4, 0.5) is 0 Å². The van der Waals surface area contributed by atoms with E-state index in [1.54, 1.807) is 0 Å². The Morgan fingerprint density at radius 2 is 1.89 bits per heavy atom. The molecule has 0 N–H and O–H groups in total. The molecule has 1 aromatic rings. The van der Waals surface area contributed by atoms with Gasteiger partial charge in [0.2, 0.25) is 0 Å². The molecule has 5 heteroatoms. The molecule has 0 radical (unpaired) electrons. The Labute approximate surface area is 125 Å². The predicted octanol–water partition coefficient (Wildman–Crippen LogP) is 2.52. The molecular weight excluding hydrogens is 304 g/mol. The molecule has 0 spiro atoms. The third kappa shape index (κ3) is 4.89. The van der Waals surface area contributed by atoms with Crippen molar-refractivity contribution in [2.24, 2.45) is 7.05 Å². The van der Waals surface area contributed by atoms with Crippen molar-refractivity contribution in [2.45, 2.75) is 33.2 Å². The van der Waals surface area contributed by atoms with E-state index >= 15 is 0 Å². The molecule has 0 aromatic carbocycles. The van der Waals surface area contributed by atoms with Gasteiger partial charge in [0.25, 0.3) is 0 Å². The first kappa shape index (κ1) is 16.7. The minimum absolute atomic E-state index is 0.966. The van der Waals surface area contributed by atoms with Crippen molar-refractivity contribution >= 4 is 15.9 Å².